The van der Waals surface area contributed by atoms with E-state index in [1.807, 2.05) is 18.3 Å². The third-order valence-corrected chi connectivity index (χ3v) is 4.94. The van der Waals surface area contributed by atoms with E-state index >= 15 is 0 Å². The molecule has 1 aliphatic heterocycles. The topological polar surface area (TPSA) is 53.2 Å². The highest BCUT2D eigenvalue weighted by Gasteiger charge is 2.20. The SMILES string of the molecule is COc1ccc(-c2[nH]ncc2CNC2CCN(C(C)C)CC2)cc1. The van der Waals surface area contributed by atoms with Crippen molar-refractivity contribution in [2.24, 2.45) is 0 Å². The summed E-state index contributed by atoms with van der Waals surface area (Å²) in [5.41, 5.74) is 3.44. The van der Waals surface area contributed by atoms with Crippen molar-refractivity contribution in [3.05, 3.63) is 36.0 Å². The lowest BCUT2D eigenvalue weighted by Crippen LogP contribution is -2.44. The molecule has 2 aromatic rings. The average molecular weight is 328 g/mol. The van der Waals surface area contributed by atoms with Crippen LogP contribution in [0.15, 0.2) is 30.5 Å². The molecule has 0 unspecified atom stereocenters. The molecule has 0 bridgehead atoms. The third-order valence-electron chi connectivity index (χ3n) is 4.94. The predicted octanol–water partition coefficient (Wildman–Crippen LogP) is 3.05. The molecule has 0 radical (unpaired) electrons. The van der Waals surface area contributed by atoms with Crippen LogP contribution in [-0.2, 0) is 6.54 Å². The first-order valence-corrected chi connectivity index (χ1v) is 8.81. The number of likely N-dealkylation sites (tertiary alicyclic amines) is 1. The molecule has 0 saturated carbocycles. The number of ether oxygens (including phenoxy) is 1. The Morgan fingerprint density at radius 1 is 1.25 bits per heavy atom. The fourth-order valence-corrected chi connectivity index (χ4v) is 3.33. The Bertz CT molecular complexity index is 627. The van der Waals surface area contributed by atoms with Crippen molar-refractivity contribution in [1.82, 2.24) is 20.4 Å². The van der Waals surface area contributed by atoms with Crippen molar-refractivity contribution in [1.29, 1.82) is 0 Å². The highest BCUT2D eigenvalue weighted by Crippen LogP contribution is 2.24. The highest BCUT2D eigenvalue weighted by molar-refractivity contribution is 5.63. The van der Waals surface area contributed by atoms with Gasteiger partial charge in [-0.1, -0.05) is 0 Å². The van der Waals surface area contributed by atoms with Gasteiger partial charge in [-0.3, -0.25) is 5.10 Å². The molecule has 0 amide bonds. The number of aromatic nitrogens is 2. The molecule has 5 nitrogen and oxygen atoms in total. The van der Waals surface area contributed by atoms with Crippen LogP contribution in [0, 0.1) is 0 Å². The standard InChI is InChI=1S/C19H28N4O/c1-14(2)23-10-8-17(9-11-23)20-12-16-13-21-22-19(16)15-4-6-18(24-3)7-5-15/h4-7,13-14,17,20H,8-12H2,1-3H3,(H,21,22). The third kappa shape index (κ3) is 3.97. The Morgan fingerprint density at radius 3 is 2.58 bits per heavy atom. The van der Waals surface area contributed by atoms with Gasteiger partial charge in [-0.05, 0) is 64.0 Å². The van der Waals surface area contributed by atoms with Gasteiger partial charge in [0, 0.05) is 29.8 Å². The number of methoxy groups -OCH3 is 1. The Labute approximate surface area is 144 Å². The minimum Gasteiger partial charge on any atom is -0.497 e. The fraction of sp³-hybridized carbons (Fsp3) is 0.526. The number of benzene rings is 1. The second-order valence-corrected chi connectivity index (χ2v) is 6.78. The van der Waals surface area contributed by atoms with Gasteiger partial charge >= 0.3 is 0 Å². The van der Waals surface area contributed by atoms with E-state index in [0.717, 1.165) is 23.6 Å². The molecule has 1 aromatic carbocycles. The van der Waals surface area contributed by atoms with Crippen molar-refractivity contribution in [3.8, 4) is 17.0 Å². The minimum atomic E-state index is 0.596. The lowest BCUT2D eigenvalue weighted by molar-refractivity contribution is 0.161. The maximum atomic E-state index is 5.23. The maximum absolute atomic E-state index is 5.23. The lowest BCUT2D eigenvalue weighted by Gasteiger charge is -2.35. The van der Waals surface area contributed by atoms with E-state index in [9.17, 15) is 0 Å². The van der Waals surface area contributed by atoms with E-state index in [-0.39, 0.29) is 0 Å². The van der Waals surface area contributed by atoms with Crippen molar-refractivity contribution >= 4 is 0 Å². The van der Waals surface area contributed by atoms with E-state index in [1.165, 1.54) is 31.5 Å². The molecule has 1 aromatic heterocycles. The Kier molecular flexibility index (Phi) is 5.53. The van der Waals surface area contributed by atoms with Crippen LogP contribution < -0.4 is 10.1 Å². The Balaban J connectivity index is 1.58. The normalized spacial score (nSPS) is 16.7. The van der Waals surface area contributed by atoms with Gasteiger partial charge < -0.3 is 15.0 Å². The Morgan fingerprint density at radius 2 is 1.96 bits per heavy atom. The van der Waals surface area contributed by atoms with Gasteiger partial charge in [-0.25, -0.2) is 0 Å². The smallest absolute Gasteiger partial charge is 0.118 e. The van der Waals surface area contributed by atoms with E-state index in [2.05, 4.69) is 46.4 Å². The van der Waals surface area contributed by atoms with Crippen LogP contribution in [0.5, 0.6) is 5.75 Å². The number of rotatable bonds is 6. The number of H-pyrrole nitrogens is 1. The summed E-state index contributed by atoms with van der Waals surface area (Å²) < 4.78 is 5.23. The monoisotopic (exact) mass is 328 g/mol. The van der Waals surface area contributed by atoms with Crippen molar-refractivity contribution in [2.75, 3.05) is 20.2 Å². The number of piperidine rings is 1. The summed E-state index contributed by atoms with van der Waals surface area (Å²) in [7, 11) is 1.69. The highest BCUT2D eigenvalue weighted by atomic mass is 16.5. The molecule has 3 rings (SSSR count). The molecule has 1 saturated heterocycles. The summed E-state index contributed by atoms with van der Waals surface area (Å²) in [5.74, 6) is 0.870. The quantitative estimate of drug-likeness (QED) is 0.856. The van der Waals surface area contributed by atoms with Gasteiger partial charge in [0.15, 0.2) is 0 Å². The number of hydrogen-bond acceptors (Lipinski definition) is 4. The summed E-state index contributed by atoms with van der Waals surface area (Å²) in [6.07, 6.45) is 4.36. The van der Waals surface area contributed by atoms with Crippen LogP contribution in [0.2, 0.25) is 0 Å². The molecular weight excluding hydrogens is 300 g/mol. The zero-order valence-corrected chi connectivity index (χ0v) is 14.9. The lowest BCUT2D eigenvalue weighted by atomic mass is 10.0. The molecule has 2 heterocycles. The second-order valence-electron chi connectivity index (χ2n) is 6.78. The summed E-state index contributed by atoms with van der Waals surface area (Å²) in [4.78, 5) is 2.55. The molecule has 1 fully saturated rings. The first-order valence-electron chi connectivity index (χ1n) is 8.81. The number of nitrogens with zero attached hydrogens (tertiary/aromatic N) is 2. The zero-order chi connectivity index (χ0) is 16.9. The van der Waals surface area contributed by atoms with Crippen LogP contribution in [0.4, 0.5) is 0 Å². The average Bonchev–Trinajstić information content (AvgIpc) is 3.09. The molecule has 24 heavy (non-hydrogen) atoms. The maximum Gasteiger partial charge on any atom is 0.118 e. The summed E-state index contributed by atoms with van der Waals surface area (Å²) in [5, 5.41) is 11.1. The fourth-order valence-electron chi connectivity index (χ4n) is 3.33. The largest absolute Gasteiger partial charge is 0.497 e. The second kappa shape index (κ2) is 7.81. The predicted molar refractivity (Wildman–Crippen MR) is 97.1 cm³/mol. The van der Waals surface area contributed by atoms with Gasteiger partial charge in [0.2, 0.25) is 0 Å². The van der Waals surface area contributed by atoms with Crippen LogP contribution >= 0.6 is 0 Å². The molecular formula is C19H28N4O. The van der Waals surface area contributed by atoms with Gasteiger partial charge in [0.1, 0.15) is 5.75 Å². The summed E-state index contributed by atoms with van der Waals surface area (Å²) >= 11 is 0. The molecule has 1 aliphatic rings. The molecule has 130 valence electrons. The van der Waals surface area contributed by atoms with Gasteiger partial charge in [0.25, 0.3) is 0 Å². The number of aromatic amines is 1. The van der Waals surface area contributed by atoms with E-state index < -0.39 is 0 Å². The van der Waals surface area contributed by atoms with E-state index in [1.54, 1.807) is 7.11 Å². The van der Waals surface area contributed by atoms with Crippen molar-refractivity contribution < 1.29 is 4.74 Å². The molecule has 0 spiro atoms. The van der Waals surface area contributed by atoms with Gasteiger partial charge in [-0.2, -0.15) is 5.10 Å². The molecule has 2 N–H and O–H groups in total. The van der Waals surface area contributed by atoms with E-state index in [4.69, 9.17) is 4.74 Å². The van der Waals surface area contributed by atoms with Crippen LogP contribution in [-0.4, -0.2) is 47.4 Å². The van der Waals surface area contributed by atoms with Crippen LogP contribution in [0.3, 0.4) is 0 Å². The van der Waals surface area contributed by atoms with Crippen LogP contribution in [0.1, 0.15) is 32.3 Å². The number of hydrogen-bond donors (Lipinski definition) is 2. The van der Waals surface area contributed by atoms with Gasteiger partial charge in [-0.15, -0.1) is 0 Å². The first-order chi connectivity index (χ1) is 11.7. The van der Waals surface area contributed by atoms with E-state index in [0.29, 0.717) is 12.1 Å². The van der Waals surface area contributed by atoms with Gasteiger partial charge in [0.05, 0.1) is 19.0 Å². The minimum absolute atomic E-state index is 0.596. The molecule has 0 aliphatic carbocycles. The van der Waals surface area contributed by atoms with Crippen LogP contribution in [0.25, 0.3) is 11.3 Å². The summed E-state index contributed by atoms with van der Waals surface area (Å²) in [6, 6.07) is 9.35. The van der Waals surface area contributed by atoms with Crippen molar-refractivity contribution in [2.45, 2.75) is 45.3 Å². The molecule has 5 heteroatoms. The van der Waals surface area contributed by atoms with Crippen molar-refractivity contribution in [3.63, 3.8) is 0 Å². The summed E-state index contributed by atoms with van der Waals surface area (Å²) in [6.45, 7) is 7.78. The zero-order valence-electron chi connectivity index (χ0n) is 14.9. The Hall–Kier alpha value is -1.85. The first kappa shape index (κ1) is 17.0. The molecule has 0 atom stereocenters. The number of nitrogens with one attached hydrogen (secondary N) is 2.